The highest BCUT2D eigenvalue weighted by atomic mass is 19.1. The largest absolute Gasteiger partial charge is 0.383 e. The van der Waals surface area contributed by atoms with Gasteiger partial charge in [-0.1, -0.05) is 19.8 Å². The molecular formula is C26H34FN7O3. The van der Waals surface area contributed by atoms with Gasteiger partial charge >= 0.3 is 0 Å². The lowest BCUT2D eigenvalue weighted by Crippen LogP contribution is -2.49. The molecule has 3 N–H and O–H groups in total. The number of H-pyrrole nitrogens is 1. The van der Waals surface area contributed by atoms with E-state index >= 15 is 0 Å². The van der Waals surface area contributed by atoms with Crippen LogP contribution in [-0.4, -0.2) is 56.5 Å². The summed E-state index contributed by atoms with van der Waals surface area (Å²) in [5.74, 6) is -0.919. The molecular weight excluding hydrogens is 477 g/mol. The zero-order valence-electron chi connectivity index (χ0n) is 21.7. The van der Waals surface area contributed by atoms with Crippen molar-refractivity contribution in [3.05, 3.63) is 47.4 Å². The summed E-state index contributed by atoms with van der Waals surface area (Å²) in [6, 6.07) is 3.95. The number of methoxy groups -OCH3 is 1. The molecule has 1 aliphatic rings. The molecule has 0 unspecified atom stereocenters. The van der Waals surface area contributed by atoms with Crippen LogP contribution in [0.3, 0.4) is 0 Å². The highest BCUT2D eigenvalue weighted by Crippen LogP contribution is 2.32. The molecule has 0 saturated heterocycles. The zero-order valence-corrected chi connectivity index (χ0v) is 21.7. The van der Waals surface area contributed by atoms with Crippen LogP contribution in [-0.2, 0) is 16.1 Å². The van der Waals surface area contributed by atoms with Crippen LogP contribution < -0.4 is 10.6 Å². The molecule has 0 aromatic carbocycles. The molecule has 11 heteroatoms. The van der Waals surface area contributed by atoms with Gasteiger partial charge in [0.2, 0.25) is 11.9 Å². The third-order valence-corrected chi connectivity index (χ3v) is 7.05. The Labute approximate surface area is 215 Å². The van der Waals surface area contributed by atoms with Crippen molar-refractivity contribution in [2.45, 2.75) is 59.0 Å². The lowest BCUT2D eigenvalue weighted by atomic mass is 9.79. The quantitative estimate of drug-likeness (QED) is 0.377. The van der Waals surface area contributed by atoms with Gasteiger partial charge in [-0.3, -0.25) is 19.4 Å². The molecule has 1 atom stereocenters. The summed E-state index contributed by atoms with van der Waals surface area (Å²) >= 11 is 0. The number of aromatic amines is 1. The molecule has 37 heavy (non-hydrogen) atoms. The molecule has 1 aliphatic carbocycles. The second-order valence-electron chi connectivity index (χ2n) is 9.74. The van der Waals surface area contributed by atoms with E-state index in [4.69, 9.17) is 4.74 Å². The van der Waals surface area contributed by atoms with Crippen molar-refractivity contribution in [3.63, 3.8) is 0 Å². The van der Waals surface area contributed by atoms with E-state index in [0.29, 0.717) is 41.6 Å². The minimum absolute atomic E-state index is 0.0455. The van der Waals surface area contributed by atoms with Gasteiger partial charge < -0.3 is 15.4 Å². The van der Waals surface area contributed by atoms with Crippen molar-refractivity contribution in [2.75, 3.05) is 19.0 Å². The van der Waals surface area contributed by atoms with Crippen molar-refractivity contribution in [1.29, 1.82) is 0 Å². The summed E-state index contributed by atoms with van der Waals surface area (Å²) in [5.41, 5.74) is 2.69. The molecule has 1 saturated carbocycles. The topological polar surface area (TPSA) is 127 Å². The number of nitrogens with one attached hydrogen (secondary N) is 3. The van der Waals surface area contributed by atoms with E-state index in [2.05, 4.69) is 37.8 Å². The molecule has 0 bridgehead atoms. The van der Waals surface area contributed by atoms with Gasteiger partial charge in [-0.25, -0.2) is 4.98 Å². The Morgan fingerprint density at radius 2 is 1.97 bits per heavy atom. The number of amides is 2. The number of aromatic nitrogens is 5. The zero-order chi connectivity index (χ0) is 26.5. The second-order valence-corrected chi connectivity index (χ2v) is 9.74. The van der Waals surface area contributed by atoms with Crippen molar-refractivity contribution in [3.8, 4) is 11.1 Å². The Morgan fingerprint density at radius 3 is 2.62 bits per heavy atom. The maximum absolute atomic E-state index is 15.0. The first-order valence-corrected chi connectivity index (χ1v) is 12.6. The SMILES string of the molecule is COCCn1nccc1C(=O)N[C@H](C(=O)Nc1ccc(-c2c(C)n[nH]c2C)c(F)n1)C1CCC(C)CC1. The van der Waals surface area contributed by atoms with Gasteiger partial charge in [0.15, 0.2) is 0 Å². The molecule has 2 amide bonds. The predicted molar refractivity (Wildman–Crippen MR) is 136 cm³/mol. The third kappa shape index (κ3) is 6.04. The van der Waals surface area contributed by atoms with E-state index in [-0.39, 0.29) is 11.7 Å². The van der Waals surface area contributed by atoms with E-state index in [1.165, 1.54) is 0 Å². The Balaban J connectivity index is 1.53. The van der Waals surface area contributed by atoms with Crippen molar-refractivity contribution in [1.82, 2.24) is 30.3 Å². The minimum atomic E-state index is -0.798. The number of hydrogen-bond donors (Lipinski definition) is 3. The van der Waals surface area contributed by atoms with Crippen molar-refractivity contribution >= 4 is 17.6 Å². The number of pyridine rings is 1. The standard InChI is InChI=1S/C26H34FN7O3/c1-15-5-7-18(8-6-15)23(31-25(35)20-11-12-28-34(20)13-14-37-4)26(36)30-21-10-9-19(24(27)29-21)22-16(2)32-33-17(22)3/h9-12,15,18,23H,5-8,13-14H2,1-4H3,(H,31,35)(H,32,33)(H,29,30,36)/t15?,18?,23-/m0/s1. The van der Waals surface area contributed by atoms with Gasteiger partial charge in [0.25, 0.3) is 5.91 Å². The molecule has 3 heterocycles. The Morgan fingerprint density at radius 1 is 1.22 bits per heavy atom. The van der Waals surface area contributed by atoms with Gasteiger partial charge in [-0.2, -0.15) is 14.6 Å². The Hall–Kier alpha value is -3.60. The van der Waals surface area contributed by atoms with E-state index in [9.17, 15) is 14.0 Å². The fourth-order valence-corrected chi connectivity index (χ4v) is 4.96. The van der Waals surface area contributed by atoms with E-state index in [1.807, 2.05) is 6.92 Å². The molecule has 0 radical (unpaired) electrons. The average molecular weight is 512 g/mol. The maximum Gasteiger partial charge on any atom is 0.270 e. The van der Waals surface area contributed by atoms with E-state index in [0.717, 1.165) is 31.4 Å². The summed E-state index contributed by atoms with van der Waals surface area (Å²) < 4.78 is 21.6. The van der Waals surface area contributed by atoms with Crippen molar-refractivity contribution in [2.24, 2.45) is 11.8 Å². The monoisotopic (exact) mass is 511 g/mol. The fraction of sp³-hybridized carbons (Fsp3) is 0.500. The first kappa shape index (κ1) is 26.5. The van der Waals surface area contributed by atoms with Crippen LogP contribution in [0.5, 0.6) is 0 Å². The normalized spacial score (nSPS) is 18.4. The number of nitrogens with zero attached hydrogens (tertiary/aromatic N) is 4. The number of halogens is 1. The third-order valence-electron chi connectivity index (χ3n) is 7.05. The number of hydrogen-bond acceptors (Lipinski definition) is 6. The number of aryl methyl sites for hydroxylation is 2. The summed E-state index contributed by atoms with van der Waals surface area (Å²) in [4.78, 5) is 30.6. The molecule has 10 nitrogen and oxygen atoms in total. The van der Waals surface area contributed by atoms with Gasteiger partial charge in [0, 0.05) is 30.1 Å². The number of carbonyl (C=O) groups excluding carboxylic acids is 2. The Kier molecular flexibility index (Phi) is 8.32. The number of anilines is 1. The number of ether oxygens (including phenoxy) is 1. The Bertz CT molecular complexity index is 1230. The van der Waals surface area contributed by atoms with Crippen molar-refractivity contribution < 1.29 is 18.7 Å². The van der Waals surface area contributed by atoms with Gasteiger partial charge in [-0.05, 0) is 56.7 Å². The van der Waals surface area contributed by atoms with Crippen LogP contribution in [0.15, 0.2) is 24.4 Å². The van der Waals surface area contributed by atoms with Gasteiger partial charge in [0.1, 0.15) is 17.6 Å². The minimum Gasteiger partial charge on any atom is -0.383 e. The lowest BCUT2D eigenvalue weighted by Gasteiger charge is -2.32. The smallest absolute Gasteiger partial charge is 0.270 e. The summed E-state index contributed by atoms with van der Waals surface area (Å²) in [6.07, 6.45) is 5.10. The van der Waals surface area contributed by atoms with Crippen LogP contribution in [0.2, 0.25) is 0 Å². The van der Waals surface area contributed by atoms with Gasteiger partial charge in [-0.15, -0.1) is 0 Å². The van der Waals surface area contributed by atoms with Crippen LogP contribution in [0.1, 0.15) is 54.5 Å². The van der Waals surface area contributed by atoms with Crippen LogP contribution >= 0.6 is 0 Å². The molecule has 0 spiro atoms. The van der Waals surface area contributed by atoms with Gasteiger partial charge in [0.05, 0.1) is 18.8 Å². The molecule has 198 valence electrons. The second kappa shape index (κ2) is 11.6. The first-order chi connectivity index (χ1) is 17.8. The van der Waals surface area contributed by atoms with E-state index in [1.54, 1.807) is 43.1 Å². The van der Waals surface area contributed by atoms with Crippen LogP contribution in [0.4, 0.5) is 10.2 Å². The van der Waals surface area contributed by atoms with Crippen LogP contribution in [0.25, 0.3) is 11.1 Å². The summed E-state index contributed by atoms with van der Waals surface area (Å²) in [7, 11) is 1.58. The molecule has 0 aliphatic heterocycles. The maximum atomic E-state index is 15.0. The summed E-state index contributed by atoms with van der Waals surface area (Å²) in [5, 5.41) is 16.8. The highest BCUT2D eigenvalue weighted by molar-refractivity contribution is 6.00. The summed E-state index contributed by atoms with van der Waals surface area (Å²) in [6.45, 7) is 6.60. The highest BCUT2D eigenvalue weighted by Gasteiger charge is 2.33. The molecule has 3 aromatic rings. The van der Waals surface area contributed by atoms with Crippen LogP contribution in [0, 0.1) is 31.6 Å². The lowest BCUT2D eigenvalue weighted by molar-refractivity contribution is -0.119. The average Bonchev–Trinajstić information content (AvgIpc) is 3.48. The predicted octanol–water partition coefficient (Wildman–Crippen LogP) is 3.63. The molecule has 3 aromatic heterocycles. The number of rotatable bonds is 9. The van der Waals surface area contributed by atoms with E-state index < -0.39 is 23.8 Å². The molecule has 1 fully saturated rings. The fourth-order valence-electron chi connectivity index (χ4n) is 4.96. The number of carbonyl (C=O) groups is 2. The molecule has 4 rings (SSSR count). The first-order valence-electron chi connectivity index (χ1n) is 12.6.